The molecule has 0 spiro atoms. The second kappa shape index (κ2) is 9.82. The summed E-state index contributed by atoms with van der Waals surface area (Å²) in [5.41, 5.74) is -1.05. The number of amides is 2. The predicted molar refractivity (Wildman–Crippen MR) is 111 cm³/mol. The highest BCUT2D eigenvalue weighted by Crippen LogP contribution is 2.30. The molecule has 0 bridgehead atoms. The minimum Gasteiger partial charge on any atom is -0.508 e. The summed E-state index contributed by atoms with van der Waals surface area (Å²) in [6.45, 7) is 7.13. The van der Waals surface area contributed by atoms with Crippen LogP contribution in [0.2, 0.25) is 0 Å². The average molecular weight is 421 g/mol. The Labute approximate surface area is 177 Å². The van der Waals surface area contributed by atoms with E-state index < -0.39 is 35.2 Å². The van der Waals surface area contributed by atoms with E-state index in [1.807, 2.05) is 0 Å². The van der Waals surface area contributed by atoms with Gasteiger partial charge in [-0.2, -0.15) is 0 Å². The molecule has 30 heavy (non-hydrogen) atoms. The van der Waals surface area contributed by atoms with Crippen LogP contribution in [0.15, 0.2) is 24.3 Å². The molecule has 8 heteroatoms. The number of carbonyl (C=O) groups excluding carboxylic acids is 3. The van der Waals surface area contributed by atoms with Crippen molar-refractivity contribution < 1.29 is 29.0 Å². The number of hydrogen-bond donors (Lipinski definition) is 3. The van der Waals surface area contributed by atoms with Crippen molar-refractivity contribution in [3.63, 3.8) is 0 Å². The zero-order valence-corrected chi connectivity index (χ0v) is 18.1. The number of alkyl carbamates (subject to hydrolysis) is 1. The molecule has 0 radical (unpaired) electrons. The van der Waals surface area contributed by atoms with Gasteiger partial charge in [-0.05, 0) is 58.2 Å². The summed E-state index contributed by atoms with van der Waals surface area (Å²) in [7, 11) is 0. The summed E-state index contributed by atoms with van der Waals surface area (Å²) in [5.74, 6) is -0.867. The fourth-order valence-corrected chi connectivity index (χ4v) is 3.49. The van der Waals surface area contributed by atoms with Gasteiger partial charge in [0.15, 0.2) is 0 Å². The topological polar surface area (TPSA) is 114 Å². The Bertz CT molecular complexity index is 748. The minimum absolute atomic E-state index is 0.113. The molecule has 1 atom stereocenters. The molecule has 1 fully saturated rings. The summed E-state index contributed by atoms with van der Waals surface area (Å²) < 4.78 is 10.5. The number of benzene rings is 1. The van der Waals surface area contributed by atoms with Crippen molar-refractivity contribution >= 4 is 18.0 Å². The van der Waals surface area contributed by atoms with Crippen molar-refractivity contribution in [3.05, 3.63) is 29.8 Å². The summed E-state index contributed by atoms with van der Waals surface area (Å²) in [6.07, 6.45) is 2.04. The van der Waals surface area contributed by atoms with Crippen LogP contribution in [0.5, 0.6) is 5.75 Å². The maximum atomic E-state index is 13.2. The van der Waals surface area contributed by atoms with Crippen LogP contribution in [0.3, 0.4) is 0 Å². The van der Waals surface area contributed by atoms with Gasteiger partial charge in [-0.15, -0.1) is 0 Å². The van der Waals surface area contributed by atoms with Gasteiger partial charge in [-0.25, -0.2) is 9.59 Å². The lowest BCUT2D eigenvalue weighted by atomic mass is 9.95. The molecule has 0 aliphatic heterocycles. The van der Waals surface area contributed by atoms with Crippen LogP contribution < -0.4 is 10.6 Å². The number of phenolic OH excluding ortho intramolecular Hbond substituents is 1. The van der Waals surface area contributed by atoms with Gasteiger partial charge in [0.1, 0.15) is 22.9 Å². The van der Waals surface area contributed by atoms with Gasteiger partial charge in [0, 0.05) is 6.42 Å². The highest BCUT2D eigenvalue weighted by atomic mass is 16.6. The largest absolute Gasteiger partial charge is 0.508 e. The first kappa shape index (κ1) is 23.5. The highest BCUT2D eigenvalue weighted by Gasteiger charge is 2.44. The molecule has 1 aliphatic carbocycles. The average Bonchev–Trinajstić information content (AvgIpc) is 3.11. The third-order valence-electron chi connectivity index (χ3n) is 4.88. The molecule has 1 saturated carbocycles. The molecule has 1 unspecified atom stereocenters. The van der Waals surface area contributed by atoms with Gasteiger partial charge >= 0.3 is 12.1 Å². The first-order valence-electron chi connectivity index (χ1n) is 10.3. The van der Waals surface area contributed by atoms with Crippen LogP contribution in [0, 0.1) is 0 Å². The van der Waals surface area contributed by atoms with Gasteiger partial charge < -0.3 is 25.2 Å². The number of rotatable bonds is 7. The van der Waals surface area contributed by atoms with E-state index in [1.54, 1.807) is 39.8 Å². The van der Waals surface area contributed by atoms with E-state index in [1.165, 1.54) is 12.1 Å². The Morgan fingerprint density at radius 2 is 1.73 bits per heavy atom. The normalized spacial score (nSPS) is 16.4. The van der Waals surface area contributed by atoms with Gasteiger partial charge in [-0.3, -0.25) is 4.79 Å². The summed E-state index contributed by atoms with van der Waals surface area (Å²) in [4.78, 5) is 38.0. The lowest BCUT2D eigenvalue weighted by molar-refractivity contribution is -0.148. The van der Waals surface area contributed by atoms with E-state index in [4.69, 9.17) is 9.47 Å². The fourth-order valence-electron chi connectivity index (χ4n) is 3.49. The lowest BCUT2D eigenvalue weighted by Gasteiger charge is -2.32. The smallest absolute Gasteiger partial charge is 0.408 e. The van der Waals surface area contributed by atoms with E-state index in [0.29, 0.717) is 12.8 Å². The van der Waals surface area contributed by atoms with E-state index in [-0.39, 0.29) is 18.8 Å². The Kier molecular flexibility index (Phi) is 7.70. The van der Waals surface area contributed by atoms with Gasteiger partial charge in [0.05, 0.1) is 6.61 Å². The van der Waals surface area contributed by atoms with Crippen molar-refractivity contribution in [2.75, 3.05) is 6.61 Å². The molecule has 166 valence electrons. The quantitative estimate of drug-likeness (QED) is 0.585. The standard InChI is InChI=1S/C22H32N2O6/c1-5-29-18(26)17(14-15-8-10-16(25)11-9-15)23-19(27)22(12-6-7-13-22)24-20(28)30-21(2,3)4/h8-11,17,25H,5-7,12-14H2,1-4H3,(H,23,27)(H,24,28). The number of esters is 1. The molecule has 2 rings (SSSR count). The first-order valence-corrected chi connectivity index (χ1v) is 10.3. The van der Waals surface area contributed by atoms with Crippen LogP contribution >= 0.6 is 0 Å². The van der Waals surface area contributed by atoms with Crippen LogP contribution in [0.25, 0.3) is 0 Å². The summed E-state index contributed by atoms with van der Waals surface area (Å²) >= 11 is 0. The van der Waals surface area contributed by atoms with Crippen molar-refractivity contribution in [1.29, 1.82) is 0 Å². The van der Waals surface area contributed by atoms with Crippen molar-refractivity contribution in [2.45, 2.75) is 77.0 Å². The predicted octanol–water partition coefficient (Wildman–Crippen LogP) is 2.82. The van der Waals surface area contributed by atoms with E-state index >= 15 is 0 Å². The van der Waals surface area contributed by atoms with Crippen molar-refractivity contribution in [2.24, 2.45) is 0 Å². The molecule has 1 aromatic rings. The molecule has 0 heterocycles. The maximum Gasteiger partial charge on any atom is 0.408 e. The molecule has 1 aromatic carbocycles. The Morgan fingerprint density at radius 3 is 2.27 bits per heavy atom. The highest BCUT2D eigenvalue weighted by molar-refractivity contribution is 5.93. The number of phenols is 1. The zero-order valence-electron chi connectivity index (χ0n) is 18.1. The molecule has 1 aliphatic rings. The monoisotopic (exact) mass is 420 g/mol. The molecule has 0 saturated heterocycles. The first-order chi connectivity index (χ1) is 14.0. The van der Waals surface area contributed by atoms with Crippen molar-refractivity contribution in [3.8, 4) is 5.75 Å². The van der Waals surface area contributed by atoms with Crippen LogP contribution in [-0.4, -0.2) is 46.9 Å². The number of hydrogen-bond acceptors (Lipinski definition) is 6. The van der Waals surface area contributed by atoms with Gasteiger partial charge in [-0.1, -0.05) is 25.0 Å². The third-order valence-corrected chi connectivity index (χ3v) is 4.88. The Morgan fingerprint density at radius 1 is 1.13 bits per heavy atom. The van der Waals surface area contributed by atoms with E-state index in [9.17, 15) is 19.5 Å². The van der Waals surface area contributed by atoms with Crippen LogP contribution in [-0.2, 0) is 25.5 Å². The maximum absolute atomic E-state index is 13.2. The third kappa shape index (κ3) is 6.64. The summed E-state index contributed by atoms with van der Waals surface area (Å²) in [5, 5.41) is 15.0. The Hall–Kier alpha value is -2.77. The van der Waals surface area contributed by atoms with Gasteiger partial charge in [0.2, 0.25) is 5.91 Å². The second-order valence-electron chi connectivity index (χ2n) is 8.56. The number of nitrogens with one attached hydrogen (secondary N) is 2. The molecule has 2 amide bonds. The SMILES string of the molecule is CCOC(=O)C(Cc1ccc(O)cc1)NC(=O)C1(NC(=O)OC(C)(C)C)CCCC1. The second-order valence-corrected chi connectivity index (χ2v) is 8.56. The molecule has 8 nitrogen and oxygen atoms in total. The number of carbonyl (C=O) groups is 3. The lowest BCUT2D eigenvalue weighted by Crippen LogP contribution is -2.60. The summed E-state index contributed by atoms with van der Waals surface area (Å²) in [6, 6.07) is 5.47. The number of aromatic hydroxyl groups is 1. The van der Waals surface area contributed by atoms with Gasteiger partial charge in [0.25, 0.3) is 0 Å². The molecule has 0 aromatic heterocycles. The van der Waals surface area contributed by atoms with Crippen LogP contribution in [0.4, 0.5) is 4.79 Å². The van der Waals surface area contributed by atoms with E-state index in [2.05, 4.69) is 10.6 Å². The minimum atomic E-state index is -1.12. The fraction of sp³-hybridized carbons (Fsp3) is 0.591. The van der Waals surface area contributed by atoms with Crippen molar-refractivity contribution in [1.82, 2.24) is 10.6 Å². The molecule has 3 N–H and O–H groups in total. The van der Waals surface area contributed by atoms with E-state index in [0.717, 1.165) is 18.4 Å². The Balaban J connectivity index is 2.16. The molecular weight excluding hydrogens is 388 g/mol. The number of ether oxygens (including phenoxy) is 2. The zero-order chi connectivity index (χ0) is 22.4. The van der Waals surface area contributed by atoms with Crippen LogP contribution in [0.1, 0.15) is 58.9 Å². The molecular formula is C22H32N2O6.